The fourth-order valence-corrected chi connectivity index (χ4v) is 1.10. The molecule has 0 saturated heterocycles. The van der Waals surface area contributed by atoms with Gasteiger partial charge in [0.05, 0.1) is 5.76 Å². The molecule has 0 aliphatic carbocycles. The zero-order chi connectivity index (χ0) is 15.5. The Morgan fingerprint density at radius 3 is 2.20 bits per heavy atom. The third-order valence-electron chi connectivity index (χ3n) is 1.84. The average molecular weight is 278 g/mol. The Bertz CT molecular complexity index is 504. The minimum atomic E-state index is -0.281. The zero-order valence-corrected chi connectivity index (χ0v) is 11.2. The van der Waals surface area contributed by atoms with Gasteiger partial charge in [-0.3, -0.25) is 4.79 Å². The summed E-state index contributed by atoms with van der Waals surface area (Å²) in [6, 6.07) is 0. The first-order valence-corrected chi connectivity index (χ1v) is 5.73. The number of aliphatic hydroxyl groups is 4. The maximum absolute atomic E-state index is 10.6. The molecule has 0 unspecified atom stereocenters. The molecule has 0 heterocycles. The SMILES string of the molecule is C=C(O)/C=C(O)\C=C/CC(O)=CC=CC(O)=CC(C)=O. The van der Waals surface area contributed by atoms with Crippen LogP contribution in [0, 0.1) is 0 Å². The normalized spacial score (nSPS) is 14.2. The molecule has 0 saturated carbocycles. The summed E-state index contributed by atoms with van der Waals surface area (Å²) in [6.45, 7) is 4.49. The monoisotopic (exact) mass is 278 g/mol. The first-order valence-electron chi connectivity index (χ1n) is 5.73. The van der Waals surface area contributed by atoms with E-state index in [4.69, 9.17) is 5.11 Å². The molecule has 0 radical (unpaired) electrons. The summed E-state index contributed by atoms with van der Waals surface area (Å²) < 4.78 is 0. The number of aliphatic hydroxyl groups excluding tert-OH is 4. The molecule has 0 aromatic carbocycles. The largest absolute Gasteiger partial charge is 0.512 e. The van der Waals surface area contributed by atoms with Gasteiger partial charge in [0.25, 0.3) is 0 Å². The Kier molecular flexibility index (Phi) is 8.02. The second kappa shape index (κ2) is 9.27. The maximum atomic E-state index is 10.6. The fourth-order valence-electron chi connectivity index (χ4n) is 1.10. The average Bonchev–Trinajstić information content (AvgIpc) is 2.26. The van der Waals surface area contributed by atoms with Crippen LogP contribution in [0.15, 0.2) is 72.1 Å². The minimum Gasteiger partial charge on any atom is -0.512 e. The van der Waals surface area contributed by atoms with Crippen LogP contribution in [0.5, 0.6) is 0 Å². The summed E-state index contributed by atoms with van der Waals surface area (Å²) in [5, 5.41) is 36.7. The number of hydrogen-bond donors (Lipinski definition) is 4. The molecule has 0 aromatic rings. The molecular weight excluding hydrogens is 260 g/mol. The van der Waals surface area contributed by atoms with Gasteiger partial charge in [-0.15, -0.1) is 0 Å². The van der Waals surface area contributed by atoms with Crippen molar-refractivity contribution in [1.82, 2.24) is 0 Å². The quantitative estimate of drug-likeness (QED) is 0.325. The molecule has 0 aliphatic rings. The van der Waals surface area contributed by atoms with Crippen LogP contribution in [0.4, 0.5) is 0 Å². The van der Waals surface area contributed by atoms with Gasteiger partial charge >= 0.3 is 0 Å². The first kappa shape index (κ1) is 17.3. The molecule has 0 amide bonds. The summed E-state index contributed by atoms with van der Waals surface area (Å²) in [5.74, 6) is -0.968. The van der Waals surface area contributed by atoms with Crippen molar-refractivity contribution in [3.63, 3.8) is 0 Å². The van der Waals surface area contributed by atoms with Crippen LogP contribution in [0.1, 0.15) is 13.3 Å². The second-order valence-electron chi connectivity index (χ2n) is 3.86. The van der Waals surface area contributed by atoms with Crippen LogP contribution in [0.25, 0.3) is 0 Å². The number of carbonyl (C=O) groups excluding carboxylic acids is 1. The van der Waals surface area contributed by atoms with Crippen molar-refractivity contribution in [2.45, 2.75) is 13.3 Å². The summed E-state index contributed by atoms with van der Waals surface area (Å²) >= 11 is 0. The van der Waals surface area contributed by atoms with Gasteiger partial charge in [0, 0.05) is 18.6 Å². The van der Waals surface area contributed by atoms with Crippen LogP contribution in [-0.4, -0.2) is 26.2 Å². The number of ketones is 1. The molecule has 0 rings (SSSR count). The summed E-state index contributed by atoms with van der Waals surface area (Å²) in [5.41, 5.74) is 0. The van der Waals surface area contributed by atoms with E-state index in [2.05, 4.69) is 6.58 Å². The fraction of sp³-hybridized carbons (Fsp3) is 0.133. The highest BCUT2D eigenvalue weighted by molar-refractivity contribution is 5.87. The number of hydrogen-bond acceptors (Lipinski definition) is 5. The van der Waals surface area contributed by atoms with E-state index >= 15 is 0 Å². The molecule has 108 valence electrons. The molecule has 0 bridgehead atoms. The predicted molar refractivity (Wildman–Crippen MR) is 77.5 cm³/mol. The number of rotatable bonds is 7. The van der Waals surface area contributed by atoms with Gasteiger partial charge in [-0.1, -0.05) is 18.7 Å². The molecule has 4 N–H and O–H groups in total. The van der Waals surface area contributed by atoms with Crippen LogP contribution in [0.3, 0.4) is 0 Å². The smallest absolute Gasteiger partial charge is 0.156 e. The Balaban J connectivity index is 4.42. The van der Waals surface area contributed by atoms with Gasteiger partial charge in [0.1, 0.15) is 17.3 Å². The van der Waals surface area contributed by atoms with Crippen molar-refractivity contribution in [2.24, 2.45) is 0 Å². The Morgan fingerprint density at radius 1 is 1.05 bits per heavy atom. The van der Waals surface area contributed by atoms with Crippen LogP contribution in [0.2, 0.25) is 0 Å². The zero-order valence-electron chi connectivity index (χ0n) is 11.2. The summed E-state index contributed by atoms with van der Waals surface area (Å²) in [7, 11) is 0. The molecule has 0 aliphatic heterocycles. The third-order valence-corrected chi connectivity index (χ3v) is 1.84. The van der Waals surface area contributed by atoms with E-state index in [-0.39, 0.29) is 35.2 Å². The molecule has 5 heteroatoms. The highest BCUT2D eigenvalue weighted by Crippen LogP contribution is 2.02. The van der Waals surface area contributed by atoms with Gasteiger partial charge in [-0.05, 0) is 25.2 Å². The van der Waals surface area contributed by atoms with Crippen LogP contribution < -0.4 is 0 Å². The lowest BCUT2D eigenvalue weighted by Crippen LogP contribution is -1.84. The molecule has 0 spiro atoms. The Labute approximate surface area is 117 Å². The van der Waals surface area contributed by atoms with Crippen molar-refractivity contribution in [2.75, 3.05) is 0 Å². The summed E-state index contributed by atoms with van der Waals surface area (Å²) in [4.78, 5) is 10.6. The van der Waals surface area contributed by atoms with Gasteiger partial charge < -0.3 is 20.4 Å². The van der Waals surface area contributed by atoms with Crippen molar-refractivity contribution >= 4 is 5.78 Å². The van der Waals surface area contributed by atoms with Gasteiger partial charge in [-0.25, -0.2) is 0 Å². The van der Waals surface area contributed by atoms with E-state index in [9.17, 15) is 20.1 Å². The number of allylic oxidation sites excluding steroid dienone is 7. The van der Waals surface area contributed by atoms with Crippen molar-refractivity contribution in [3.05, 3.63) is 72.1 Å². The van der Waals surface area contributed by atoms with Crippen molar-refractivity contribution in [1.29, 1.82) is 0 Å². The first-order chi connectivity index (χ1) is 9.31. The standard InChI is InChI=1S/C15H18O5/c1-11(16)9-14(19)7-3-5-13(18)6-4-8-15(20)10-12(2)17/h3-4,6-10,16,18-20H,1,5H2,2H3/b7-3-,8-4?,13-6?,14-9+,15-10?. The third kappa shape index (κ3) is 10.5. The Hall–Kier alpha value is -2.69. The lowest BCUT2D eigenvalue weighted by atomic mass is 10.2. The molecule has 5 nitrogen and oxygen atoms in total. The molecule has 0 aromatic heterocycles. The van der Waals surface area contributed by atoms with Gasteiger partial charge in [0.2, 0.25) is 0 Å². The Morgan fingerprint density at radius 2 is 1.65 bits per heavy atom. The summed E-state index contributed by atoms with van der Waals surface area (Å²) in [6.07, 6.45) is 8.99. The van der Waals surface area contributed by atoms with Crippen molar-refractivity contribution in [3.8, 4) is 0 Å². The highest BCUT2D eigenvalue weighted by Gasteiger charge is 1.91. The highest BCUT2D eigenvalue weighted by atomic mass is 16.3. The van der Waals surface area contributed by atoms with Crippen LogP contribution >= 0.6 is 0 Å². The van der Waals surface area contributed by atoms with Crippen molar-refractivity contribution < 1.29 is 25.2 Å². The number of carbonyl (C=O) groups is 1. The maximum Gasteiger partial charge on any atom is 0.156 e. The van der Waals surface area contributed by atoms with Crippen LogP contribution in [-0.2, 0) is 4.79 Å². The van der Waals surface area contributed by atoms with E-state index in [1.165, 1.54) is 37.3 Å². The van der Waals surface area contributed by atoms with E-state index in [1.54, 1.807) is 0 Å². The predicted octanol–water partition coefficient (Wildman–Crippen LogP) is 3.48. The molecule has 20 heavy (non-hydrogen) atoms. The lowest BCUT2D eigenvalue weighted by molar-refractivity contribution is -0.112. The van der Waals surface area contributed by atoms with E-state index in [0.29, 0.717) is 0 Å². The van der Waals surface area contributed by atoms with Gasteiger partial charge in [-0.2, -0.15) is 0 Å². The molecule has 0 fully saturated rings. The lowest BCUT2D eigenvalue weighted by Gasteiger charge is -1.93. The minimum absolute atomic E-state index is 0.0104. The molecule has 0 atom stereocenters. The van der Waals surface area contributed by atoms with Gasteiger partial charge in [0.15, 0.2) is 5.78 Å². The van der Waals surface area contributed by atoms with E-state index < -0.39 is 0 Å². The second-order valence-corrected chi connectivity index (χ2v) is 3.86. The topological polar surface area (TPSA) is 98.0 Å². The molecular formula is C15H18O5. The van der Waals surface area contributed by atoms with E-state index in [0.717, 1.165) is 12.2 Å². The van der Waals surface area contributed by atoms with E-state index in [1.807, 2.05) is 0 Å².